The molecule has 1 atom stereocenters. The van der Waals surface area contributed by atoms with Crippen molar-refractivity contribution in [2.75, 3.05) is 6.54 Å². The van der Waals surface area contributed by atoms with Gasteiger partial charge in [0.05, 0.1) is 0 Å². The fraction of sp³-hybridized carbons (Fsp3) is 0.167. The van der Waals surface area contributed by atoms with Gasteiger partial charge in [-0.05, 0) is 11.1 Å². The third kappa shape index (κ3) is 5.98. The molecule has 2 aromatic rings. The van der Waals surface area contributed by atoms with Crippen molar-refractivity contribution >= 4 is 18.0 Å². The molecule has 0 aliphatic rings. The summed E-state index contributed by atoms with van der Waals surface area (Å²) >= 11 is 0. The van der Waals surface area contributed by atoms with E-state index >= 15 is 0 Å². The number of ether oxygens (including phenoxy) is 1. The van der Waals surface area contributed by atoms with Gasteiger partial charge in [0, 0.05) is 0 Å². The Morgan fingerprint density at radius 3 is 2.16 bits per heavy atom. The predicted molar refractivity (Wildman–Crippen MR) is 89.6 cm³/mol. The lowest BCUT2D eigenvalue weighted by Gasteiger charge is -2.15. The highest BCUT2D eigenvalue weighted by Gasteiger charge is 2.21. The summed E-state index contributed by atoms with van der Waals surface area (Å²) in [6.07, 6.45) is -0.759. The zero-order valence-electron chi connectivity index (χ0n) is 13.3. The lowest BCUT2D eigenvalue weighted by molar-refractivity contribution is -0.141. The van der Waals surface area contributed by atoms with Crippen molar-refractivity contribution in [3.05, 3.63) is 71.8 Å². The molecule has 0 bridgehead atoms. The zero-order valence-corrected chi connectivity index (χ0v) is 13.3. The number of amides is 2. The SMILES string of the molecule is O=C(CNC(=O)OCc1ccccc1)NC(C(=O)O)c1ccccc1. The van der Waals surface area contributed by atoms with Gasteiger partial charge in [-0.3, -0.25) is 4.79 Å². The first kappa shape index (κ1) is 18.0. The molecule has 7 nitrogen and oxygen atoms in total. The Hall–Kier alpha value is -3.35. The maximum atomic E-state index is 11.9. The highest BCUT2D eigenvalue weighted by Crippen LogP contribution is 2.12. The normalized spacial score (nSPS) is 11.2. The number of carboxylic acids is 1. The summed E-state index contributed by atoms with van der Waals surface area (Å²) in [4.78, 5) is 34.8. The van der Waals surface area contributed by atoms with Gasteiger partial charge in [-0.25, -0.2) is 9.59 Å². The molecule has 0 aliphatic heterocycles. The number of alkyl carbamates (subject to hydrolysis) is 1. The van der Waals surface area contributed by atoms with Crippen LogP contribution in [0.15, 0.2) is 60.7 Å². The van der Waals surface area contributed by atoms with Gasteiger partial charge in [-0.1, -0.05) is 60.7 Å². The van der Waals surface area contributed by atoms with Crippen LogP contribution < -0.4 is 10.6 Å². The predicted octanol–water partition coefficient (Wildman–Crippen LogP) is 1.85. The average Bonchev–Trinajstić information content (AvgIpc) is 2.64. The van der Waals surface area contributed by atoms with Gasteiger partial charge in [0.25, 0.3) is 0 Å². The number of benzene rings is 2. The van der Waals surface area contributed by atoms with E-state index in [1.165, 1.54) is 0 Å². The van der Waals surface area contributed by atoms with Crippen molar-refractivity contribution in [1.82, 2.24) is 10.6 Å². The molecule has 2 rings (SSSR count). The second-order valence-corrected chi connectivity index (χ2v) is 5.16. The summed E-state index contributed by atoms with van der Waals surface area (Å²) in [6, 6.07) is 16.2. The minimum Gasteiger partial charge on any atom is -0.479 e. The Morgan fingerprint density at radius 2 is 1.56 bits per heavy atom. The van der Waals surface area contributed by atoms with Crippen LogP contribution in [0.4, 0.5) is 4.79 Å². The first-order chi connectivity index (χ1) is 12.1. The Balaban J connectivity index is 1.79. The summed E-state index contributed by atoms with van der Waals surface area (Å²) in [6.45, 7) is -0.305. The average molecular weight is 342 g/mol. The van der Waals surface area contributed by atoms with Gasteiger partial charge < -0.3 is 20.5 Å². The van der Waals surface area contributed by atoms with Crippen molar-refractivity contribution in [3.63, 3.8) is 0 Å². The largest absolute Gasteiger partial charge is 0.479 e. The lowest BCUT2D eigenvalue weighted by Crippen LogP contribution is -2.41. The molecule has 25 heavy (non-hydrogen) atoms. The molecule has 2 aromatic carbocycles. The van der Waals surface area contributed by atoms with Crippen molar-refractivity contribution < 1.29 is 24.2 Å². The van der Waals surface area contributed by atoms with Crippen molar-refractivity contribution in [2.24, 2.45) is 0 Å². The molecule has 0 aliphatic carbocycles. The number of hydrogen-bond acceptors (Lipinski definition) is 4. The molecule has 2 amide bonds. The Morgan fingerprint density at radius 1 is 0.960 bits per heavy atom. The van der Waals surface area contributed by atoms with Gasteiger partial charge in [0.15, 0.2) is 6.04 Å². The Labute approximate surface area is 144 Å². The first-order valence-corrected chi connectivity index (χ1v) is 7.58. The number of aliphatic carboxylic acids is 1. The number of carbonyl (C=O) groups excluding carboxylic acids is 2. The smallest absolute Gasteiger partial charge is 0.407 e. The quantitative estimate of drug-likeness (QED) is 0.712. The van der Waals surface area contributed by atoms with Crippen LogP contribution in [0, 0.1) is 0 Å². The number of nitrogens with one attached hydrogen (secondary N) is 2. The van der Waals surface area contributed by atoms with Crippen LogP contribution in [0.5, 0.6) is 0 Å². The minimum atomic E-state index is -1.19. The lowest BCUT2D eigenvalue weighted by atomic mass is 10.1. The van der Waals surface area contributed by atoms with E-state index < -0.39 is 24.0 Å². The Bertz CT molecular complexity index is 719. The van der Waals surface area contributed by atoms with Crippen molar-refractivity contribution in [1.29, 1.82) is 0 Å². The number of carboxylic acid groups (broad SMARTS) is 1. The summed E-state index contributed by atoms with van der Waals surface area (Å²) in [5.41, 5.74) is 1.26. The van der Waals surface area contributed by atoms with Gasteiger partial charge in [-0.2, -0.15) is 0 Å². The number of hydrogen-bond donors (Lipinski definition) is 3. The molecule has 3 N–H and O–H groups in total. The molecule has 0 radical (unpaired) electrons. The highest BCUT2D eigenvalue weighted by atomic mass is 16.5. The third-order valence-corrected chi connectivity index (χ3v) is 3.29. The maximum Gasteiger partial charge on any atom is 0.407 e. The highest BCUT2D eigenvalue weighted by molar-refractivity contribution is 5.87. The van der Waals surface area contributed by atoms with Crippen LogP contribution >= 0.6 is 0 Å². The maximum absolute atomic E-state index is 11.9. The second-order valence-electron chi connectivity index (χ2n) is 5.16. The molecule has 0 fully saturated rings. The van der Waals surface area contributed by atoms with Gasteiger partial charge in [0.1, 0.15) is 13.2 Å². The Kier molecular flexibility index (Phi) is 6.53. The first-order valence-electron chi connectivity index (χ1n) is 7.58. The molecule has 0 saturated carbocycles. The van der Waals surface area contributed by atoms with Gasteiger partial charge in [-0.15, -0.1) is 0 Å². The molecular weight excluding hydrogens is 324 g/mol. The third-order valence-electron chi connectivity index (χ3n) is 3.29. The van der Waals surface area contributed by atoms with Crippen LogP contribution in [-0.2, 0) is 20.9 Å². The van der Waals surface area contributed by atoms with E-state index in [2.05, 4.69) is 10.6 Å². The van der Waals surface area contributed by atoms with E-state index in [1.54, 1.807) is 42.5 Å². The van der Waals surface area contributed by atoms with Crippen LogP contribution in [-0.4, -0.2) is 29.6 Å². The van der Waals surface area contributed by atoms with Crippen molar-refractivity contribution in [3.8, 4) is 0 Å². The van der Waals surface area contributed by atoms with Crippen LogP contribution in [0.3, 0.4) is 0 Å². The topological polar surface area (TPSA) is 105 Å². The molecule has 0 heterocycles. The van der Waals surface area contributed by atoms with E-state index in [1.807, 2.05) is 18.2 Å². The molecule has 7 heteroatoms. The van der Waals surface area contributed by atoms with Gasteiger partial charge >= 0.3 is 12.1 Å². The van der Waals surface area contributed by atoms with Crippen LogP contribution in [0.2, 0.25) is 0 Å². The summed E-state index contributed by atoms with van der Waals surface area (Å²) in [5.74, 6) is -1.82. The molecule has 0 saturated heterocycles. The zero-order chi connectivity index (χ0) is 18.1. The van der Waals surface area contributed by atoms with E-state index in [4.69, 9.17) is 4.74 Å². The van der Waals surface area contributed by atoms with E-state index in [0.29, 0.717) is 5.56 Å². The molecule has 1 unspecified atom stereocenters. The monoisotopic (exact) mass is 342 g/mol. The van der Waals surface area contributed by atoms with Crippen molar-refractivity contribution in [2.45, 2.75) is 12.6 Å². The van der Waals surface area contributed by atoms with E-state index in [-0.39, 0.29) is 13.2 Å². The fourth-order valence-corrected chi connectivity index (χ4v) is 2.07. The minimum absolute atomic E-state index is 0.0794. The fourth-order valence-electron chi connectivity index (χ4n) is 2.07. The number of rotatable bonds is 7. The molecule has 0 spiro atoms. The van der Waals surface area contributed by atoms with E-state index in [9.17, 15) is 19.5 Å². The number of carbonyl (C=O) groups is 3. The molecule has 0 aromatic heterocycles. The molecular formula is C18H18N2O5. The second kappa shape index (κ2) is 9.07. The van der Waals surface area contributed by atoms with Gasteiger partial charge in [0.2, 0.25) is 5.91 Å². The summed E-state index contributed by atoms with van der Waals surface area (Å²) < 4.78 is 4.97. The molecule has 130 valence electrons. The summed E-state index contributed by atoms with van der Waals surface area (Å²) in [7, 11) is 0. The van der Waals surface area contributed by atoms with Crippen LogP contribution in [0.1, 0.15) is 17.2 Å². The van der Waals surface area contributed by atoms with Crippen LogP contribution in [0.25, 0.3) is 0 Å². The summed E-state index contributed by atoms with van der Waals surface area (Å²) in [5, 5.41) is 13.9. The standard InChI is InChI=1S/C18H18N2O5/c21-15(20-16(17(22)23)14-9-5-2-6-10-14)11-19-18(24)25-12-13-7-3-1-4-8-13/h1-10,16H,11-12H2,(H,19,24)(H,20,21)(H,22,23). The van der Waals surface area contributed by atoms with E-state index in [0.717, 1.165) is 5.56 Å².